The number of carboxylic acids is 1. The van der Waals surface area contributed by atoms with E-state index in [4.69, 9.17) is 15.3 Å². The Morgan fingerprint density at radius 1 is 1.45 bits per heavy atom. The quantitative estimate of drug-likeness (QED) is 0.200. The lowest BCUT2D eigenvalue weighted by Crippen LogP contribution is -2.71. The van der Waals surface area contributed by atoms with Crippen LogP contribution in [-0.4, -0.2) is 74.8 Å². The first kappa shape index (κ1) is 22.6. The number of thioether (sulfide) groups is 1. The zero-order valence-electron chi connectivity index (χ0n) is 16.5. The van der Waals surface area contributed by atoms with E-state index in [1.54, 1.807) is 6.92 Å². The number of nitrogen functional groups attached to an aromatic ring is 1. The molecule has 2 aliphatic heterocycles. The van der Waals surface area contributed by atoms with Crippen molar-refractivity contribution >= 4 is 57.7 Å². The number of nitrogens with one attached hydrogen (secondary N) is 1. The van der Waals surface area contributed by atoms with Gasteiger partial charge in [0.1, 0.15) is 36.0 Å². The van der Waals surface area contributed by atoms with Gasteiger partial charge in [0.25, 0.3) is 11.8 Å². The fourth-order valence-corrected chi connectivity index (χ4v) is 4.80. The van der Waals surface area contributed by atoms with Crippen LogP contribution in [0.4, 0.5) is 5.13 Å². The van der Waals surface area contributed by atoms with Crippen LogP contribution in [0.15, 0.2) is 21.8 Å². The number of carbonyl (C=O) groups is 4. The highest BCUT2D eigenvalue weighted by molar-refractivity contribution is 8.00. The number of ether oxygens (including phenoxy) is 1. The highest BCUT2D eigenvalue weighted by Crippen LogP contribution is 2.40. The molecule has 12 nitrogen and oxygen atoms in total. The molecule has 0 unspecified atom stereocenters. The van der Waals surface area contributed by atoms with Crippen molar-refractivity contribution < 1.29 is 33.9 Å². The Labute approximate surface area is 184 Å². The molecular formula is C17H19N5O7S2. The third-order valence-electron chi connectivity index (χ3n) is 4.25. The van der Waals surface area contributed by atoms with Crippen LogP contribution in [0.1, 0.15) is 19.5 Å². The van der Waals surface area contributed by atoms with Crippen molar-refractivity contribution in [3.05, 3.63) is 22.3 Å². The minimum atomic E-state index is -1.32. The minimum Gasteiger partial charge on any atom is -0.477 e. The number of esters is 1. The van der Waals surface area contributed by atoms with Crippen molar-refractivity contribution in [3.63, 3.8) is 0 Å². The van der Waals surface area contributed by atoms with Gasteiger partial charge in [-0.15, -0.1) is 23.1 Å². The first-order chi connectivity index (χ1) is 14.7. The summed E-state index contributed by atoms with van der Waals surface area (Å²) >= 11 is 2.37. The van der Waals surface area contributed by atoms with Gasteiger partial charge in [0.15, 0.2) is 10.8 Å². The molecule has 2 amide bonds. The lowest BCUT2D eigenvalue weighted by molar-refractivity contribution is -0.150. The molecule has 0 spiro atoms. The van der Waals surface area contributed by atoms with E-state index in [1.807, 2.05) is 0 Å². The largest absolute Gasteiger partial charge is 0.477 e. The molecule has 1 saturated heterocycles. The van der Waals surface area contributed by atoms with Crippen LogP contribution in [0.2, 0.25) is 0 Å². The minimum absolute atomic E-state index is 0.147. The van der Waals surface area contributed by atoms with Crippen molar-refractivity contribution in [1.82, 2.24) is 15.2 Å². The molecule has 166 valence electrons. The molecule has 3 rings (SSSR count). The number of nitrogens with two attached hydrogens (primary N) is 1. The number of aliphatic carboxylic acids is 1. The Bertz CT molecular complexity index is 989. The molecule has 4 N–H and O–H groups in total. The Hall–Kier alpha value is -3.13. The van der Waals surface area contributed by atoms with Gasteiger partial charge in [-0.2, -0.15) is 0 Å². The summed E-state index contributed by atoms with van der Waals surface area (Å²) in [5.41, 5.74) is 5.73. The van der Waals surface area contributed by atoms with E-state index in [2.05, 4.69) is 15.5 Å². The van der Waals surface area contributed by atoms with E-state index in [1.165, 1.54) is 24.1 Å². The second kappa shape index (κ2) is 9.34. The average Bonchev–Trinajstić information content (AvgIpc) is 3.15. The van der Waals surface area contributed by atoms with Crippen LogP contribution in [0.25, 0.3) is 0 Å². The standard InChI is InChI=1S/C17H19N5O7S2/c1-3-29-21-10(9-6-31-17(18)19-9)13(24)20-11-14(25)22-12(16(26)27)8(4-28-7(2)23)5-30-15(11)22/h6,11,15H,3-5H2,1-2H3,(H2,18,19)(H,20,24)(H,26,27)/b21-10-/t11-,15-/m1/s1. The van der Waals surface area contributed by atoms with Gasteiger partial charge >= 0.3 is 11.9 Å². The molecule has 14 heteroatoms. The lowest BCUT2D eigenvalue weighted by atomic mass is 10.0. The van der Waals surface area contributed by atoms with Gasteiger partial charge in [-0.1, -0.05) is 5.16 Å². The molecule has 0 aliphatic carbocycles. The Morgan fingerprint density at radius 2 is 2.19 bits per heavy atom. The van der Waals surface area contributed by atoms with Gasteiger partial charge < -0.3 is 25.7 Å². The summed E-state index contributed by atoms with van der Waals surface area (Å²) in [6, 6.07) is -0.968. The molecule has 1 fully saturated rings. The highest BCUT2D eigenvalue weighted by atomic mass is 32.2. The molecular weight excluding hydrogens is 450 g/mol. The second-order valence-electron chi connectivity index (χ2n) is 6.33. The number of carboxylic acid groups (broad SMARTS) is 1. The summed E-state index contributed by atoms with van der Waals surface area (Å²) in [7, 11) is 0. The lowest BCUT2D eigenvalue weighted by Gasteiger charge is -2.49. The number of hydrogen-bond acceptors (Lipinski definition) is 11. The second-order valence-corrected chi connectivity index (χ2v) is 8.32. The topological polar surface area (TPSA) is 174 Å². The van der Waals surface area contributed by atoms with Crippen molar-refractivity contribution in [3.8, 4) is 0 Å². The molecule has 1 aromatic rings. The van der Waals surface area contributed by atoms with Gasteiger partial charge in [-0.05, 0) is 6.92 Å². The van der Waals surface area contributed by atoms with Gasteiger partial charge in [0.2, 0.25) is 0 Å². The number of oxime groups is 1. The fraction of sp³-hybridized carbons (Fsp3) is 0.412. The number of hydrogen-bond donors (Lipinski definition) is 3. The summed E-state index contributed by atoms with van der Waals surface area (Å²) in [4.78, 5) is 58.3. The van der Waals surface area contributed by atoms with Crippen LogP contribution in [0.3, 0.4) is 0 Å². The number of aromatic nitrogens is 1. The van der Waals surface area contributed by atoms with Crippen LogP contribution < -0.4 is 11.1 Å². The van der Waals surface area contributed by atoms with E-state index >= 15 is 0 Å². The Morgan fingerprint density at radius 3 is 2.77 bits per heavy atom. The van der Waals surface area contributed by atoms with E-state index in [-0.39, 0.29) is 41.2 Å². The average molecular weight is 470 g/mol. The first-order valence-corrected chi connectivity index (χ1v) is 10.9. The van der Waals surface area contributed by atoms with Crippen LogP contribution in [0, 0.1) is 0 Å². The van der Waals surface area contributed by atoms with Crippen LogP contribution in [0.5, 0.6) is 0 Å². The highest BCUT2D eigenvalue weighted by Gasteiger charge is 2.54. The van der Waals surface area contributed by atoms with Crippen LogP contribution in [-0.2, 0) is 28.8 Å². The monoisotopic (exact) mass is 469 g/mol. The third-order valence-corrected chi connectivity index (χ3v) is 6.26. The number of rotatable bonds is 8. The SMILES string of the molecule is CCO/N=C(\C(=O)N[C@@H]1C(=O)N2C(C(=O)O)=C(COC(C)=O)CS[C@H]12)c1csc(N)n1. The van der Waals surface area contributed by atoms with Crippen molar-refractivity contribution in [2.45, 2.75) is 25.3 Å². The first-order valence-electron chi connectivity index (χ1n) is 9.00. The van der Waals surface area contributed by atoms with Crippen molar-refractivity contribution in [2.24, 2.45) is 5.16 Å². The molecule has 2 aliphatic rings. The predicted molar refractivity (Wildman–Crippen MR) is 111 cm³/mol. The zero-order valence-corrected chi connectivity index (χ0v) is 18.1. The third kappa shape index (κ3) is 4.64. The molecule has 2 atom stereocenters. The summed E-state index contributed by atoms with van der Waals surface area (Å²) < 4.78 is 4.89. The number of carbonyl (C=O) groups excluding carboxylic acids is 3. The maximum Gasteiger partial charge on any atom is 0.352 e. The van der Waals surface area contributed by atoms with E-state index in [0.29, 0.717) is 5.57 Å². The van der Waals surface area contributed by atoms with E-state index in [0.717, 1.165) is 16.2 Å². The summed E-state index contributed by atoms with van der Waals surface area (Å²) in [5.74, 6) is -2.96. The van der Waals surface area contributed by atoms with Gasteiger partial charge in [-0.3, -0.25) is 19.3 Å². The van der Waals surface area contributed by atoms with E-state index < -0.39 is 35.2 Å². The number of thiazole rings is 1. The molecule has 3 heterocycles. The molecule has 1 aromatic heterocycles. The molecule has 0 saturated carbocycles. The van der Waals surface area contributed by atoms with Crippen LogP contribution >= 0.6 is 23.1 Å². The number of β-lactam (4-membered cyclic amide) rings is 1. The summed E-state index contributed by atoms with van der Waals surface area (Å²) in [6.07, 6.45) is 0. The van der Waals surface area contributed by atoms with E-state index in [9.17, 15) is 24.3 Å². The number of nitrogens with zero attached hydrogens (tertiary/aromatic N) is 3. The van der Waals surface area contributed by atoms with Gasteiger partial charge in [0, 0.05) is 23.6 Å². The zero-order chi connectivity index (χ0) is 22.7. The van der Waals surface area contributed by atoms with Crippen molar-refractivity contribution in [2.75, 3.05) is 24.7 Å². The number of anilines is 1. The predicted octanol–water partition coefficient (Wildman–Crippen LogP) is -0.232. The Kier molecular flexibility index (Phi) is 6.80. The number of fused-ring (bicyclic) bond motifs is 1. The molecule has 0 aromatic carbocycles. The summed E-state index contributed by atoms with van der Waals surface area (Å²) in [5, 5.41) is 17.1. The van der Waals surface area contributed by atoms with Crippen molar-refractivity contribution in [1.29, 1.82) is 0 Å². The van der Waals surface area contributed by atoms with Gasteiger partial charge in [-0.25, -0.2) is 9.78 Å². The smallest absolute Gasteiger partial charge is 0.352 e. The number of amides is 2. The Balaban J connectivity index is 1.78. The molecule has 0 radical (unpaired) electrons. The maximum absolute atomic E-state index is 12.8. The normalized spacial score (nSPS) is 20.6. The fourth-order valence-electron chi connectivity index (χ4n) is 2.92. The summed E-state index contributed by atoms with van der Waals surface area (Å²) in [6.45, 7) is 2.88. The maximum atomic E-state index is 12.8. The molecule has 0 bridgehead atoms. The van der Waals surface area contributed by atoms with Gasteiger partial charge in [0.05, 0.1) is 0 Å². The molecule has 31 heavy (non-hydrogen) atoms.